The molecule has 0 aliphatic rings. The number of carbonyl (C=O) groups is 1. The molecule has 0 unspecified atom stereocenters. The van der Waals surface area contributed by atoms with Gasteiger partial charge in [-0.2, -0.15) is 0 Å². The van der Waals surface area contributed by atoms with E-state index in [1.165, 1.54) is 7.11 Å². The second-order valence-corrected chi connectivity index (χ2v) is 5.92. The average molecular weight is 432 g/mol. The van der Waals surface area contributed by atoms with E-state index in [0.29, 0.717) is 34.4 Å². The van der Waals surface area contributed by atoms with Crippen LogP contribution in [0.25, 0.3) is 0 Å². The maximum atomic E-state index is 12.5. The molecule has 1 amide bonds. The fraction of sp³-hybridized carbons (Fsp3) is 0.188. The van der Waals surface area contributed by atoms with Gasteiger partial charge in [0.05, 0.1) is 30.0 Å². The molecule has 0 saturated carbocycles. The zero-order valence-electron chi connectivity index (χ0n) is 12.2. The molecule has 22 heavy (non-hydrogen) atoms. The summed E-state index contributed by atoms with van der Waals surface area (Å²) in [5.41, 5.74) is 0.977. The molecule has 1 N–H and O–H groups in total. The largest absolute Gasteiger partial charge is 0.496 e. The van der Waals surface area contributed by atoms with Crippen molar-refractivity contribution in [3.8, 4) is 11.5 Å². The van der Waals surface area contributed by atoms with Crippen molar-refractivity contribution >= 4 is 45.8 Å². The van der Waals surface area contributed by atoms with E-state index in [1.54, 1.807) is 24.3 Å². The molecule has 4 nitrogen and oxygen atoms in total. The minimum absolute atomic E-state index is 0.303. The van der Waals surface area contributed by atoms with Gasteiger partial charge in [0.2, 0.25) is 0 Å². The lowest BCUT2D eigenvalue weighted by Crippen LogP contribution is -2.14. The summed E-state index contributed by atoms with van der Waals surface area (Å²) in [5.74, 6) is 0.788. The first kappa shape index (κ1) is 16.9. The van der Waals surface area contributed by atoms with Crippen molar-refractivity contribution in [2.45, 2.75) is 6.92 Å². The normalized spacial score (nSPS) is 10.2. The second-order valence-electron chi connectivity index (χ2n) is 4.35. The Morgan fingerprint density at radius 1 is 1.27 bits per heavy atom. The predicted octanol–water partition coefficient (Wildman–Crippen LogP) is 4.60. The molecule has 0 saturated heterocycles. The van der Waals surface area contributed by atoms with Gasteiger partial charge in [-0.3, -0.25) is 4.79 Å². The maximum absolute atomic E-state index is 12.5. The molecule has 0 bridgehead atoms. The van der Waals surface area contributed by atoms with E-state index in [1.807, 2.05) is 19.1 Å². The van der Waals surface area contributed by atoms with Gasteiger partial charge in [-0.05, 0) is 53.8 Å². The first-order chi connectivity index (χ1) is 10.6. The molecule has 2 aromatic rings. The molecule has 0 atom stereocenters. The number of methoxy groups -OCH3 is 1. The second kappa shape index (κ2) is 7.69. The number of para-hydroxylation sites is 2. The Morgan fingerprint density at radius 3 is 2.68 bits per heavy atom. The number of ether oxygens (including phenoxy) is 2. The molecular formula is C16H15ClINO3. The molecule has 0 aromatic heterocycles. The topological polar surface area (TPSA) is 47.6 Å². The minimum Gasteiger partial charge on any atom is -0.496 e. The molecule has 116 valence electrons. The number of hydrogen-bond acceptors (Lipinski definition) is 3. The molecule has 0 heterocycles. The Bertz CT molecular complexity index is 691. The molecular weight excluding hydrogens is 417 g/mol. The van der Waals surface area contributed by atoms with Gasteiger partial charge in [0.15, 0.2) is 0 Å². The number of nitrogens with one attached hydrogen (secondary N) is 1. The van der Waals surface area contributed by atoms with E-state index in [9.17, 15) is 4.79 Å². The zero-order chi connectivity index (χ0) is 16.1. The van der Waals surface area contributed by atoms with Crippen LogP contribution in [0.15, 0.2) is 36.4 Å². The van der Waals surface area contributed by atoms with E-state index in [2.05, 4.69) is 27.9 Å². The first-order valence-electron chi connectivity index (χ1n) is 6.63. The Balaban J connectivity index is 2.32. The molecule has 0 radical (unpaired) electrons. The number of anilines is 1. The lowest BCUT2D eigenvalue weighted by molar-refractivity contribution is 0.102. The fourth-order valence-corrected chi connectivity index (χ4v) is 2.52. The Labute approximate surface area is 147 Å². The SMILES string of the molecule is CCOc1ccccc1NC(=O)c1cc(Cl)c(I)cc1OC. The van der Waals surface area contributed by atoms with Crippen LogP contribution in [0, 0.1) is 3.57 Å². The van der Waals surface area contributed by atoms with E-state index < -0.39 is 0 Å². The van der Waals surface area contributed by atoms with Crippen molar-refractivity contribution in [1.82, 2.24) is 0 Å². The van der Waals surface area contributed by atoms with Gasteiger partial charge < -0.3 is 14.8 Å². The van der Waals surface area contributed by atoms with E-state index in [4.69, 9.17) is 21.1 Å². The van der Waals surface area contributed by atoms with Crippen LogP contribution in [0.2, 0.25) is 5.02 Å². The summed E-state index contributed by atoms with van der Waals surface area (Å²) in [4.78, 5) is 12.5. The summed E-state index contributed by atoms with van der Waals surface area (Å²) in [5, 5.41) is 3.33. The van der Waals surface area contributed by atoms with Crippen LogP contribution in [0.4, 0.5) is 5.69 Å². The molecule has 6 heteroatoms. The smallest absolute Gasteiger partial charge is 0.259 e. The van der Waals surface area contributed by atoms with E-state index in [0.717, 1.165) is 3.57 Å². The molecule has 2 aromatic carbocycles. The van der Waals surface area contributed by atoms with Gasteiger partial charge in [0, 0.05) is 3.57 Å². The number of benzene rings is 2. The lowest BCUT2D eigenvalue weighted by Gasteiger charge is -2.13. The van der Waals surface area contributed by atoms with Crippen molar-refractivity contribution in [2.75, 3.05) is 19.0 Å². The van der Waals surface area contributed by atoms with Gasteiger partial charge in [-0.25, -0.2) is 0 Å². The van der Waals surface area contributed by atoms with E-state index >= 15 is 0 Å². The van der Waals surface area contributed by atoms with Crippen LogP contribution >= 0.6 is 34.2 Å². The predicted molar refractivity (Wildman–Crippen MR) is 96.3 cm³/mol. The summed E-state index contributed by atoms with van der Waals surface area (Å²) in [6, 6.07) is 10.6. The minimum atomic E-state index is -0.303. The molecule has 2 rings (SSSR count). The third-order valence-electron chi connectivity index (χ3n) is 2.92. The molecule has 0 aliphatic carbocycles. The highest BCUT2D eigenvalue weighted by molar-refractivity contribution is 14.1. The molecule has 0 spiro atoms. The van der Waals surface area contributed by atoms with Gasteiger partial charge in [0.1, 0.15) is 11.5 Å². The Kier molecular flexibility index (Phi) is 5.90. The standard InChI is InChI=1S/C16H15ClINO3/c1-3-22-14-7-5-4-6-13(14)19-16(20)10-8-11(17)12(18)9-15(10)21-2/h4-9H,3H2,1-2H3,(H,19,20). The van der Waals surface area contributed by atoms with Crippen LogP contribution in [0.1, 0.15) is 17.3 Å². The number of halogens is 2. The highest BCUT2D eigenvalue weighted by atomic mass is 127. The summed E-state index contributed by atoms with van der Waals surface area (Å²) < 4.78 is 11.6. The average Bonchev–Trinajstić information content (AvgIpc) is 2.51. The maximum Gasteiger partial charge on any atom is 0.259 e. The number of rotatable bonds is 5. The van der Waals surface area contributed by atoms with Gasteiger partial charge in [0.25, 0.3) is 5.91 Å². The van der Waals surface area contributed by atoms with Crippen molar-refractivity contribution in [1.29, 1.82) is 0 Å². The van der Waals surface area contributed by atoms with Gasteiger partial charge in [-0.1, -0.05) is 23.7 Å². The summed E-state index contributed by atoms with van der Waals surface area (Å²) in [7, 11) is 1.52. The zero-order valence-corrected chi connectivity index (χ0v) is 15.1. The Morgan fingerprint density at radius 2 is 2.00 bits per heavy atom. The highest BCUT2D eigenvalue weighted by Gasteiger charge is 2.16. The summed E-state index contributed by atoms with van der Waals surface area (Å²) in [6.07, 6.45) is 0. The van der Waals surface area contributed by atoms with Crippen molar-refractivity contribution < 1.29 is 14.3 Å². The van der Waals surface area contributed by atoms with Crippen LogP contribution in [-0.2, 0) is 0 Å². The van der Waals surface area contributed by atoms with Crippen molar-refractivity contribution in [3.63, 3.8) is 0 Å². The van der Waals surface area contributed by atoms with Gasteiger partial charge in [-0.15, -0.1) is 0 Å². The van der Waals surface area contributed by atoms with E-state index in [-0.39, 0.29) is 5.91 Å². The van der Waals surface area contributed by atoms with Crippen LogP contribution in [0.5, 0.6) is 11.5 Å². The molecule has 0 fully saturated rings. The first-order valence-corrected chi connectivity index (χ1v) is 8.08. The molecule has 0 aliphatic heterocycles. The third-order valence-corrected chi connectivity index (χ3v) is 4.45. The number of carbonyl (C=O) groups excluding carboxylic acids is 1. The van der Waals surface area contributed by atoms with Crippen LogP contribution in [-0.4, -0.2) is 19.6 Å². The Hall–Kier alpha value is -1.47. The van der Waals surface area contributed by atoms with Crippen molar-refractivity contribution in [2.24, 2.45) is 0 Å². The summed E-state index contributed by atoms with van der Waals surface area (Å²) >= 11 is 8.19. The monoisotopic (exact) mass is 431 g/mol. The number of amides is 1. The highest BCUT2D eigenvalue weighted by Crippen LogP contribution is 2.30. The van der Waals surface area contributed by atoms with Crippen LogP contribution in [0.3, 0.4) is 0 Å². The fourth-order valence-electron chi connectivity index (χ4n) is 1.92. The summed E-state index contributed by atoms with van der Waals surface area (Å²) in [6.45, 7) is 2.41. The van der Waals surface area contributed by atoms with Crippen LogP contribution < -0.4 is 14.8 Å². The number of hydrogen-bond donors (Lipinski definition) is 1. The van der Waals surface area contributed by atoms with Crippen molar-refractivity contribution in [3.05, 3.63) is 50.6 Å². The third kappa shape index (κ3) is 3.84. The lowest BCUT2D eigenvalue weighted by atomic mass is 10.1. The quantitative estimate of drug-likeness (QED) is 0.704. The van der Waals surface area contributed by atoms with Gasteiger partial charge >= 0.3 is 0 Å².